The molecule has 15 heavy (non-hydrogen) atoms. The van der Waals surface area contributed by atoms with E-state index in [-0.39, 0.29) is 0 Å². The smallest absolute Gasteiger partial charge is 0.0450 e. The lowest BCUT2D eigenvalue weighted by molar-refractivity contribution is 0.293. The summed E-state index contributed by atoms with van der Waals surface area (Å²) in [6.45, 7) is 7.86. The molecule has 0 aromatic heterocycles. The predicted molar refractivity (Wildman–Crippen MR) is 66.3 cm³/mol. The summed E-state index contributed by atoms with van der Waals surface area (Å²) in [4.78, 5) is 2.40. The van der Waals surface area contributed by atoms with E-state index < -0.39 is 0 Å². The Kier molecular flexibility index (Phi) is 5.40. The summed E-state index contributed by atoms with van der Waals surface area (Å²) in [5, 5.41) is 0. The number of allylic oxidation sites excluding steroid dienone is 4. The van der Waals surface area contributed by atoms with Gasteiger partial charge < -0.3 is 4.90 Å². The molecule has 0 aromatic rings. The van der Waals surface area contributed by atoms with Gasteiger partial charge in [-0.25, -0.2) is 0 Å². The minimum atomic E-state index is 1.15. The van der Waals surface area contributed by atoms with Crippen molar-refractivity contribution >= 4 is 0 Å². The van der Waals surface area contributed by atoms with Crippen molar-refractivity contribution in [3.63, 3.8) is 0 Å². The molecule has 1 aliphatic rings. The standard InChI is InChI=1S/C14H19N/c1-3-5-10-14(11-6-4-2)15-12-8-7-9-13-15/h3,5,10-11H,1,7-9,12-13H2,2H3/b10-5-,14-11+. The van der Waals surface area contributed by atoms with E-state index in [9.17, 15) is 0 Å². The third-order valence-corrected chi connectivity index (χ3v) is 2.49. The van der Waals surface area contributed by atoms with E-state index in [1.54, 1.807) is 6.08 Å². The van der Waals surface area contributed by atoms with Gasteiger partial charge in [0.25, 0.3) is 0 Å². The second-order valence-electron chi connectivity index (χ2n) is 3.61. The average Bonchev–Trinajstić information content (AvgIpc) is 2.30. The SMILES string of the molecule is C=C/C=C\C(=C/C#CC)N1CCCCC1. The molecule has 1 heterocycles. The van der Waals surface area contributed by atoms with E-state index in [1.807, 2.05) is 19.1 Å². The lowest BCUT2D eigenvalue weighted by atomic mass is 10.1. The van der Waals surface area contributed by atoms with E-state index in [4.69, 9.17) is 0 Å². The molecule has 0 N–H and O–H groups in total. The molecule has 0 saturated carbocycles. The molecule has 0 amide bonds. The van der Waals surface area contributed by atoms with Gasteiger partial charge in [-0.3, -0.25) is 0 Å². The second-order valence-corrected chi connectivity index (χ2v) is 3.61. The summed E-state index contributed by atoms with van der Waals surface area (Å²) in [7, 11) is 0. The fourth-order valence-electron chi connectivity index (χ4n) is 1.71. The molecule has 0 spiro atoms. The first-order valence-corrected chi connectivity index (χ1v) is 5.55. The van der Waals surface area contributed by atoms with Crippen molar-refractivity contribution in [2.75, 3.05) is 13.1 Å². The molecule has 0 radical (unpaired) electrons. The van der Waals surface area contributed by atoms with Gasteiger partial charge in [0.05, 0.1) is 0 Å². The van der Waals surface area contributed by atoms with Crippen LogP contribution in [0.1, 0.15) is 26.2 Å². The lowest BCUT2D eigenvalue weighted by Crippen LogP contribution is -2.28. The van der Waals surface area contributed by atoms with Gasteiger partial charge in [0.1, 0.15) is 0 Å². The first-order valence-electron chi connectivity index (χ1n) is 5.55. The summed E-state index contributed by atoms with van der Waals surface area (Å²) >= 11 is 0. The number of piperidine rings is 1. The van der Waals surface area contributed by atoms with Crippen LogP contribution >= 0.6 is 0 Å². The number of hydrogen-bond acceptors (Lipinski definition) is 1. The molecule has 1 fully saturated rings. The van der Waals surface area contributed by atoms with Crippen molar-refractivity contribution in [3.8, 4) is 11.8 Å². The lowest BCUT2D eigenvalue weighted by Gasteiger charge is -2.29. The molecule has 1 saturated heterocycles. The van der Waals surface area contributed by atoms with E-state index in [2.05, 4.69) is 29.4 Å². The highest BCUT2D eigenvalue weighted by atomic mass is 15.1. The van der Waals surface area contributed by atoms with Gasteiger partial charge in [-0.2, -0.15) is 0 Å². The zero-order valence-corrected chi connectivity index (χ0v) is 9.50. The number of hydrogen-bond donors (Lipinski definition) is 0. The summed E-state index contributed by atoms with van der Waals surface area (Å²) in [6.07, 6.45) is 11.8. The Labute approximate surface area is 93.2 Å². The Hall–Kier alpha value is -1.42. The molecule has 0 aromatic carbocycles. The van der Waals surface area contributed by atoms with Crippen LogP contribution in [0.15, 0.2) is 36.6 Å². The van der Waals surface area contributed by atoms with Gasteiger partial charge in [-0.1, -0.05) is 24.7 Å². The van der Waals surface area contributed by atoms with Crippen LogP contribution < -0.4 is 0 Å². The number of likely N-dealkylation sites (tertiary alicyclic amines) is 1. The zero-order chi connectivity index (χ0) is 10.9. The normalized spacial score (nSPS) is 17.4. The maximum Gasteiger partial charge on any atom is 0.0450 e. The highest BCUT2D eigenvalue weighted by Gasteiger charge is 2.10. The summed E-state index contributed by atoms with van der Waals surface area (Å²) < 4.78 is 0. The first kappa shape index (κ1) is 11.7. The van der Waals surface area contributed by atoms with Crippen LogP contribution in [0.4, 0.5) is 0 Å². The van der Waals surface area contributed by atoms with Crippen molar-refractivity contribution in [2.24, 2.45) is 0 Å². The van der Waals surface area contributed by atoms with Crippen molar-refractivity contribution < 1.29 is 0 Å². The molecule has 0 atom stereocenters. The average molecular weight is 201 g/mol. The van der Waals surface area contributed by atoms with E-state index in [1.165, 1.54) is 25.0 Å². The minimum Gasteiger partial charge on any atom is -0.371 e. The van der Waals surface area contributed by atoms with E-state index in [0.717, 1.165) is 13.1 Å². The van der Waals surface area contributed by atoms with Crippen LogP contribution in [-0.2, 0) is 0 Å². The monoisotopic (exact) mass is 201 g/mol. The van der Waals surface area contributed by atoms with Crippen LogP contribution in [0.3, 0.4) is 0 Å². The Bertz CT molecular complexity index is 306. The predicted octanol–water partition coefficient (Wildman–Crippen LogP) is 3.12. The van der Waals surface area contributed by atoms with Crippen molar-refractivity contribution in [2.45, 2.75) is 26.2 Å². The Morgan fingerprint density at radius 2 is 2.00 bits per heavy atom. The van der Waals surface area contributed by atoms with E-state index >= 15 is 0 Å². The van der Waals surface area contributed by atoms with Crippen LogP contribution in [0, 0.1) is 11.8 Å². The molecule has 1 heteroatoms. The minimum absolute atomic E-state index is 1.15. The van der Waals surface area contributed by atoms with Crippen LogP contribution in [0.2, 0.25) is 0 Å². The van der Waals surface area contributed by atoms with E-state index in [0.29, 0.717) is 0 Å². The molecule has 1 nitrogen and oxygen atoms in total. The number of nitrogens with zero attached hydrogens (tertiary/aromatic N) is 1. The van der Waals surface area contributed by atoms with Gasteiger partial charge >= 0.3 is 0 Å². The molecular formula is C14H19N. The highest BCUT2D eigenvalue weighted by molar-refractivity contribution is 5.29. The molecule has 0 bridgehead atoms. The molecule has 1 rings (SSSR count). The molecule has 80 valence electrons. The fourth-order valence-corrected chi connectivity index (χ4v) is 1.71. The first-order chi connectivity index (χ1) is 7.38. The second kappa shape index (κ2) is 6.95. The molecule has 1 aliphatic heterocycles. The summed E-state index contributed by atoms with van der Waals surface area (Å²) in [5.74, 6) is 5.92. The Morgan fingerprint density at radius 1 is 1.27 bits per heavy atom. The van der Waals surface area contributed by atoms with Crippen LogP contribution in [0.5, 0.6) is 0 Å². The van der Waals surface area contributed by atoms with Crippen LogP contribution in [0.25, 0.3) is 0 Å². The zero-order valence-electron chi connectivity index (χ0n) is 9.50. The number of rotatable bonds is 3. The maximum absolute atomic E-state index is 3.69. The van der Waals surface area contributed by atoms with Gasteiger partial charge in [0.2, 0.25) is 0 Å². The summed E-state index contributed by atoms with van der Waals surface area (Å²) in [6, 6.07) is 0. The van der Waals surface area contributed by atoms with Gasteiger partial charge in [0, 0.05) is 24.9 Å². The Balaban J connectivity index is 2.72. The maximum atomic E-state index is 3.69. The van der Waals surface area contributed by atoms with Crippen LogP contribution in [-0.4, -0.2) is 18.0 Å². The third kappa shape index (κ3) is 4.08. The largest absolute Gasteiger partial charge is 0.371 e. The van der Waals surface area contributed by atoms with Crippen molar-refractivity contribution in [1.29, 1.82) is 0 Å². The van der Waals surface area contributed by atoms with Crippen molar-refractivity contribution in [3.05, 3.63) is 36.6 Å². The van der Waals surface area contributed by atoms with Gasteiger partial charge in [0.15, 0.2) is 0 Å². The Morgan fingerprint density at radius 3 is 2.60 bits per heavy atom. The highest BCUT2D eigenvalue weighted by Crippen LogP contribution is 2.15. The molecule has 0 unspecified atom stereocenters. The molecular weight excluding hydrogens is 182 g/mol. The topological polar surface area (TPSA) is 3.24 Å². The fraction of sp³-hybridized carbons (Fsp3) is 0.429. The summed E-state index contributed by atoms with van der Waals surface area (Å²) in [5.41, 5.74) is 1.21. The van der Waals surface area contributed by atoms with Gasteiger partial charge in [-0.05, 0) is 32.3 Å². The third-order valence-electron chi connectivity index (χ3n) is 2.49. The van der Waals surface area contributed by atoms with Gasteiger partial charge in [-0.15, -0.1) is 5.92 Å². The quantitative estimate of drug-likeness (QED) is 0.501. The van der Waals surface area contributed by atoms with Crippen molar-refractivity contribution in [1.82, 2.24) is 4.90 Å². The molecule has 0 aliphatic carbocycles.